The highest BCUT2D eigenvalue weighted by Crippen LogP contribution is 2.11. The number of nitrogens with one attached hydrogen (secondary N) is 1. The lowest BCUT2D eigenvalue weighted by Crippen LogP contribution is -2.31. The van der Waals surface area contributed by atoms with E-state index in [0.717, 1.165) is 11.3 Å². The molecule has 2 aromatic carbocycles. The Bertz CT molecular complexity index is 883. The third kappa shape index (κ3) is 4.60. The van der Waals surface area contributed by atoms with E-state index in [1.54, 1.807) is 0 Å². The molecule has 0 aliphatic carbocycles. The lowest BCUT2D eigenvalue weighted by molar-refractivity contribution is -0.119. The van der Waals surface area contributed by atoms with Gasteiger partial charge >= 0.3 is 0 Å². The Morgan fingerprint density at radius 2 is 1.77 bits per heavy atom. The molecule has 0 aliphatic heterocycles. The molecule has 1 aromatic heterocycles. The van der Waals surface area contributed by atoms with Crippen molar-refractivity contribution in [3.63, 3.8) is 0 Å². The fraction of sp³-hybridized carbons (Fsp3) is 0.222. The van der Waals surface area contributed by atoms with Crippen molar-refractivity contribution < 1.29 is 9.00 Å². The van der Waals surface area contributed by atoms with Crippen molar-refractivity contribution >= 4 is 16.7 Å². The average molecular weight is 369 g/mol. The smallest absolute Gasteiger partial charge is 0.233 e. The minimum absolute atomic E-state index is 0.0984. The minimum atomic E-state index is -1.41. The van der Waals surface area contributed by atoms with E-state index in [1.165, 1.54) is 4.68 Å². The highest BCUT2D eigenvalue weighted by molar-refractivity contribution is 7.84. The third-order valence-corrected chi connectivity index (χ3v) is 4.96. The minimum Gasteiger partial charge on any atom is -0.349 e. The molecule has 1 amide bonds. The van der Waals surface area contributed by atoms with Gasteiger partial charge in [-0.05, 0) is 35.0 Å². The summed E-state index contributed by atoms with van der Waals surface area (Å²) in [5.74, 6) is 0.199. The Balaban J connectivity index is 1.58. The standard InChI is InChI=1S/C18H19N5O2S/c1-14(15-8-4-2-5-9-15)19-18(24)13-26(25)12-17-20-21-22-23(17)16-10-6-3-7-11-16/h2-11,14H,12-13H2,1H3,(H,19,24). The first-order chi connectivity index (χ1) is 12.6. The van der Waals surface area contributed by atoms with Gasteiger partial charge < -0.3 is 5.32 Å². The second kappa shape index (κ2) is 8.48. The summed E-state index contributed by atoms with van der Waals surface area (Å²) in [5, 5.41) is 14.4. The maximum absolute atomic E-state index is 12.4. The first kappa shape index (κ1) is 17.9. The van der Waals surface area contributed by atoms with Crippen molar-refractivity contribution in [3.8, 4) is 5.69 Å². The number of aromatic nitrogens is 4. The van der Waals surface area contributed by atoms with Gasteiger partial charge in [0, 0.05) is 10.8 Å². The second-order valence-corrected chi connectivity index (χ2v) is 7.23. The summed E-state index contributed by atoms with van der Waals surface area (Å²) in [7, 11) is -1.41. The molecule has 3 aromatic rings. The van der Waals surface area contributed by atoms with E-state index in [2.05, 4.69) is 20.8 Å². The molecule has 0 saturated heterocycles. The van der Waals surface area contributed by atoms with Crippen LogP contribution in [0.5, 0.6) is 0 Å². The fourth-order valence-corrected chi connectivity index (χ4v) is 3.46. The molecule has 2 unspecified atom stereocenters. The zero-order chi connectivity index (χ0) is 18.4. The van der Waals surface area contributed by atoms with Crippen LogP contribution in [0.25, 0.3) is 5.69 Å². The second-order valence-electron chi connectivity index (χ2n) is 5.77. The van der Waals surface area contributed by atoms with Crippen LogP contribution < -0.4 is 5.32 Å². The number of carbonyl (C=O) groups excluding carboxylic acids is 1. The zero-order valence-electron chi connectivity index (χ0n) is 14.3. The highest BCUT2D eigenvalue weighted by atomic mass is 32.2. The maximum atomic E-state index is 12.4. The van der Waals surface area contributed by atoms with Gasteiger partial charge in [-0.2, -0.15) is 4.68 Å². The zero-order valence-corrected chi connectivity index (χ0v) is 15.1. The monoisotopic (exact) mass is 369 g/mol. The Morgan fingerprint density at radius 1 is 1.12 bits per heavy atom. The maximum Gasteiger partial charge on any atom is 0.233 e. The van der Waals surface area contributed by atoms with E-state index in [-0.39, 0.29) is 23.5 Å². The van der Waals surface area contributed by atoms with Crippen molar-refractivity contribution in [1.82, 2.24) is 25.5 Å². The number of hydrogen-bond acceptors (Lipinski definition) is 5. The topological polar surface area (TPSA) is 89.8 Å². The van der Waals surface area contributed by atoms with Crippen molar-refractivity contribution in [2.24, 2.45) is 0 Å². The molecule has 7 nitrogen and oxygen atoms in total. The Morgan fingerprint density at radius 3 is 2.46 bits per heavy atom. The van der Waals surface area contributed by atoms with Crippen LogP contribution in [-0.2, 0) is 21.3 Å². The van der Waals surface area contributed by atoms with E-state index in [9.17, 15) is 9.00 Å². The highest BCUT2D eigenvalue weighted by Gasteiger charge is 2.16. The van der Waals surface area contributed by atoms with Gasteiger partial charge in [-0.25, -0.2) is 0 Å². The van der Waals surface area contributed by atoms with Gasteiger partial charge in [0.25, 0.3) is 0 Å². The summed E-state index contributed by atoms with van der Waals surface area (Å²) < 4.78 is 13.9. The van der Waals surface area contributed by atoms with Gasteiger partial charge in [0.2, 0.25) is 5.91 Å². The lowest BCUT2D eigenvalue weighted by Gasteiger charge is -2.14. The summed E-state index contributed by atoms with van der Waals surface area (Å²) >= 11 is 0. The van der Waals surface area contributed by atoms with Gasteiger partial charge in [0.05, 0.1) is 17.5 Å². The Kier molecular flexibility index (Phi) is 5.85. The third-order valence-electron chi connectivity index (χ3n) is 3.79. The predicted molar refractivity (Wildman–Crippen MR) is 98.9 cm³/mol. The average Bonchev–Trinajstić information content (AvgIpc) is 3.11. The molecule has 1 heterocycles. The van der Waals surface area contributed by atoms with E-state index < -0.39 is 10.8 Å². The van der Waals surface area contributed by atoms with E-state index in [4.69, 9.17) is 0 Å². The summed E-state index contributed by atoms with van der Waals surface area (Å²) in [4.78, 5) is 12.2. The van der Waals surface area contributed by atoms with Crippen LogP contribution in [0.2, 0.25) is 0 Å². The van der Waals surface area contributed by atoms with E-state index in [1.807, 2.05) is 67.6 Å². The Hall–Kier alpha value is -2.87. The van der Waals surface area contributed by atoms with Crippen LogP contribution in [0.4, 0.5) is 0 Å². The largest absolute Gasteiger partial charge is 0.349 e. The molecule has 0 bridgehead atoms. The van der Waals surface area contributed by atoms with Gasteiger partial charge in [-0.15, -0.1) is 5.10 Å². The molecule has 0 saturated carbocycles. The molecule has 0 aliphatic rings. The molecule has 134 valence electrons. The number of hydrogen-bond donors (Lipinski definition) is 1. The van der Waals surface area contributed by atoms with Crippen LogP contribution in [-0.4, -0.2) is 36.1 Å². The molecule has 26 heavy (non-hydrogen) atoms. The molecule has 8 heteroatoms. The normalized spacial score (nSPS) is 13.1. The molecular weight excluding hydrogens is 350 g/mol. The first-order valence-corrected chi connectivity index (χ1v) is 9.64. The predicted octanol–water partition coefficient (Wildman–Crippen LogP) is 1.79. The number of nitrogens with zero attached hydrogens (tertiary/aromatic N) is 4. The fourth-order valence-electron chi connectivity index (χ4n) is 2.51. The summed E-state index contributed by atoms with van der Waals surface area (Å²) in [6.45, 7) is 1.89. The number of para-hydroxylation sites is 1. The summed E-state index contributed by atoms with van der Waals surface area (Å²) in [6.07, 6.45) is 0. The molecule has 0 spiro atoms. The van der Waals surface area contributed by atoms with Crippen molar-refractivity contribution in [1.29, 1.82) is 0 Å². The van der Waals surface area contributed by atoms with Gasteiger partial charge in [-0.1, -0.05) is 48.5 Å². The molecule has 2 atom stereocenters. The van der Waals surface area contributed by atoms with Crippen molar-refractivity contribution in [2.45, 2.75) is 18.7 Å². The lowest BCUT2D eigenvalue weighted by atomic mass is 10.1. The number of carbonyl (C=O) groups is 1. The van der Waals surface area contributed by atoms with Crippen LogP contribution in [0.3, 0.4) is 0 Å². The molecule has 0 fully saturated rings. The molecule has 3 rings (SSSR count). The molecule has 0 radical (unpaired) electrons. The van der Waals surface area contributed by atoms with Crippen LogP contribution in [0.1, 0.15) is 24.4 Å². The summed E-state index contributed by atoms with van der Waals surface area (Å²) in [5.41, 5.74) is 1.78. The SMILES string of the molecule is CC(NC(=O)CS(=O)Cc1nnnn1-c1ccccc1)c1ccccc1. The van der Waals surface area contributed by atoms with Gasteiger partial charge in [0.15, 0.2) is 5.82 Å². The van der Waals surface area contributed by atoms with Crippen molar-refractivity contribution in [3.05, 3.63) is 72.1 Å². The van der Waals surface area contributed by atoms with Crippen LogP contribution in [0, 0.1) is 0 Å². The van der Waals surface area contributed by atoms with E-state index >= 15 is 0 Å². The summed E-state index contributed by atoms with van der Waals surface area (Å²) in [6, 6.07) is 18.8. The van der Waals surface area contributed by atoms with Crippen molar-refractivity contribution in [2.75, 3.05) is 5.75 Å². The van der Waals surface area contributed by atoms with Gasteiger partial charge in [-0.3, -0.25) is 9.00 Å². The number of amides is 1. The van der Waals surface area contributed by atoms with Gasteiger partial charge in [0.1, 0.15) is 5.75 Å². The number of rotatable bonds is 7. The Labute approximate surface area is 153 Å². The molecular formula is C18H19N5O2S. The number of tetrazole rings is 1. The van der Waals surface area contributed by atoms with Crippen LogP contribution in [0.15, 0.2) is 60.7 Å². The molecule has 1 N–H and O–H groups in total. The first-order valence-electron chi connectivity index (χ1n) is 8.15. The van der Waals surface area contributed by atoms with Crippen LogP contribution >= 0.6 is 0 Å². The van der Waals surface area contributed by atoms with E-state index in [0.29, 0.717) is 5.82 Å². The number of benzene rings is 2. The quantitative estimate of drug-likeness (QED) is 0.686.